The molecule has 3 aromatic heterocycles. The quantitative estimate of drug-likeness (QED) is 0.588. The van der Waals surface area contributed by atoms with E-state index in [4.69, 9.17) is 9.72 Å². The van der Waals surface area contributed by atoms with Crippen LogP contribution >= 0.6 is 22.7 Å². The number of fused-ring (bicyclic) bond motifs is 1. The summed E-state index contributed by atoms with van der Waals surface area (Å²) in [6, 6.07) is 4.12. The van der Waals surface area contributed by atoms with Gasteiger partial charge in [0.2, 0.25) is 0 Å². The van der Waals surface area contributed by atoms with Crippen molar-refractivity contribution in [3.05, 3.63) is 39.1 Å². The van der Waals surface area contributed by atoms with Gasteiger partial charge in [0.05, 0.1) is 24.6 Å². The first-order chi connectivity index (χ1) is 14.3. The Bertz CT molecular complexity index is 1010. The van der Waals surface area contributed by atoms with Gasteiger partial charge in [0, 0.05) is 22.4 Å². The van der Waals surface area contributed by atoms with Gasteiger partial charge >= 0.3 is 0 Å². The van der Waals surface area contributed by atoms with Crippen LogP contribution in [0.5, 0.6) is 0 Å². The Kier molecular flexibility index (Phi) is 5.81. The molecule has 1 atom stereocenters. The highest BCUT2D eigenvalue weighted by Crippen LogP contribution is 2.34. The third-order valence-corrected chi connectivity index (χ3v) is 7.81. The number of thiophene rings is 2. The first-order valence-electron chi connectivity index (χ1n) is 10.7. The molecule has 2 saturated heterocycles. The van der Waals surface area contributed by atoms with E-state index in [0.29, 0.717) is 6.54 Å². The van der Waals surface area contributed by atoms with Crippen molar-refractivity contribution >= 4 is 32.9 Å². The molecule has 2 aliphatic rings. The van der Waals surface area contributed by atoms with Gasteiger partial charge in [-0.1, -0.05) is 12.5 Å². The second kappa shape index (κ2) is 8.68. The van der Waals surface area contributed by atoms with Crippen LogP contribution in [0, 0.1) is 0 Å². The Balaban J connectivity index is 1.57. The van der Waals surface area contributed by atoms with Gasteiger partial charge in [0.1, 0.15) is 10.7 Å². The lowest BCUT2D eigenvalue weighted by Crippen LogP contribution is -2.37. The smallest absolute Gasteiger partial charge is 0.263 e. The van der Waals surface area contributed by atoms with Crippen molar-refractivity contribution in [2.45, 2.75) is 57.7 Å². The first kappa shape index (κ1) is 19.4. The summed E-state index contributed by atoms with van der Waals surface area (Å²) in [7, 11) is 0. The summed E-state index contributed by atoms with van der Waals surface area (Å²) in [5.41, 5.74) is 1.13. The summed E-state index contributed by atoms with van der Waals surface area (Å²) < 4.78 is 7.91. The maximum absolute atomic E-state index is 13.7. The molecule has 0 bridgehead atoms. The predicted octanol–water partition coefficient (Wildman–Crippen LogP) is 4.74. The minimum absolute atomic E-state index is 0.0980. The number of hydrogen-bond acceptors (Lipinski definition) is 6. The van der Waals surface area contributed by atoms with E-state index in [1.807, 2.05) is 10.6 Å². The molecule has 0 spiro atoms. The summed E-state index contributed by atoms with van der Waals surface area (Å²) in [5.74, 6) is 0.901. The van der Waals surface area contributed by atoms with Crippen molar-refractivity contribution in [2.24, 2.45) is 0 Å². The van der Waals surface area contributed by atoms with Crippen molar-refractivity contribution < 1.29 is 4.74 Å². The minimum Gasteiger partial charge on any atom is -0.376 e. The monoisotopic (exact) mass is 429 g/mol. The fourth-order valence-electron chi connectivity index (χ4n) is 4.46. The molecule has 29 heavy (non-hydrogen) atoms. The van der Waals surface area contributed by atoms with E-state index < -0.39 is 0 Å². The van der Waals surface area contributed by atoms with Gasteiger partial charge in [-0.05, 0) is 56.6 Å². The summed E-state index contributed by atoms with van der Waals surface area (Å²) in [6.07, 6.45) is 7.21. The van der Waals surface area contributed by atoms with Crippen LogP contribution in [0.25, 0.3) is 20.7 Å². The number of hydrogen-bond donors (Lipinski definition) is 0. The number of likely N-dealkylation sites (tertiary alicyclic amines) is 1. The van der Waals surface area contributed by atoms with Crippen LogP contribution in [0.2, 0.25) is 0 Å². The maximum Gasteiger partial charge on any atom is 0.263 e. The third kappa shape index (κ3) is 4.06. The number of rotatable bonds is 5. The lowest BCUT2D eigenvalue weighted by atomic mass is 10.1. The topological polar surface area (TPSA) is 47.4 Å². The van der Waals surface area contributed by atoms with Gasteiger partial charge in [0.15, 0.2) is 0 Å². The van der Waals surface area contributed by atoms with Crippen molar-refractivity contribution in [1.82, 2.24) is 14.5 Å². The Morgan fingerprint density at radius 3 is 2.79 bits per heavy atom. The molecular formula is C22H27N3O2S2. The summed E-state index contributed by atoms with van der Waals surface area (Å²) in [4.78, 5) is 23.2. The lowest BCUT2D eigenvalue weighted by molar-refractivity contribution is 0.00445. The molecule has 5 heterocycles. The fourth-order valence-corrected chi connectivity index (χ4v) is 6.23. The maximum atomic E-state index is 13.7. The second-order valence-electron chi connectivity index (χ2n) is 8.08. The first-order valence-corrected chi connectivity index (χ1v) is 12.4. The molecule has 0 radical (unpaired) electrons. The molecule has 0 aromatic carbocycles. The van der Waals surface area contributed by atoms with Gasteiger partial charge in [-0.25, -0.2) is 4.98 Å². The zero-order valence-electron chi connectivity index (χ0n) is 16.6. The predicted molar refractivity (Wildman–Crippen MR) is 120 cm³/mol. The molecule has 154 valence electrons. The van der Waals surface area contributed by atoms with Gasteiger partial charge in [-0.15, -0.1) is 22.7 Å². The Morgan fingerprint density at radius 2 is 2.03 bits per heavy atom. The average molecular weight is 430 g/mol. The lowest BCUT2D eigenvalue weighted by Gasteiger charge is -2.28. The second-order valence-corrected chi connectivity index (χ2v) is 9.88. The Labute approximate surface area is 179 Å². The van der Waals surface area contributed by atoms with Crippen LogP contribution < -0.4 is 5.56 Å². The van der Waals surface area contributed by atoms with Gasteiger partial charge in [-0.2, -0.15) is 0 Å². The van der Waals surface area contributed by atoms with Crippen molar-refractivity contribution in [3.8, 4) is 10.4 Å². The van der Waals surface area contributed by atoms with E-state index in [0.717, 1.165) is 65.6 Å². The molecule has 0 N–H and O–H groups in total. The molecule has 2 aliphatic heterocycles. The summed E-state index contributed by atoms with van der Waals surface area (Å²) >= 11 is 3.27. The van der Waals surface area contributed by atoms with Gasteiger partial charge in [0.25, 0.3) is 5.56 Å². The van der Waals surface area contributed by atoms with Crippen LogP contribution in [0.15, 0.2) is 27.7 Å². The summed E-state index contributed by atoms with van der Waals surface area (Å²) in [5, 5.41) is 4.93. The average Bonchev–Trinajstić information content (AvgIpc) is 3.42. The standard InChI is InChI=1S/C22H27N3O2S2/c26-22-20-17(18-8-6-12-28-18)15-29-21(20)23-19(14-24-9-3-1-4-10-24)25(22)13-16-7-2-5-11-27-16/h6,8,12,15-16H,1-5,7,9-11,13-14H2/t16-/m1/s1. The Hall–Kier alpha value is -1.54. The summed E-state index contributed by atoms with van der Waals surface area (Å²) in [6.45, 7) is 4.36. The van der Waals surface area contributed by atoms with Gasteiger partial charge < -0.3 is 4.74 Å². The normalized spacial score (nSPS) is 21.0. The van der Waals surface area contributed by atoms with E-state index in [2.05, 4.69) is 21.7 Å². The molecule has 7 heteroatoms. The number of nitrogens with zero attached hydrogens (tertiary/aromatic N) is 3. The Morgan fingerprint density at radius 1 is 1.14 bits per heavy atom. The van der Waals surface area contributed by atoms with E-state index in [1.165, 1.54) is 25.7 Å². The zero-order valence-corrected chi connectivity index (χ0v) is 18.3. The highest BCUT2D eigenvalue weighted by molar-refractivity contribution is 7.18. The molecule has 3 aromatic rings. The molecule has 0 aliphatic carbocycles. The number of ether oxygens (including phenoxy) is 1. The van der Waals surface area contributed by atoms with Crippen LogP contribution in [-0.2, 0) is 17.8 Å². The van der Waals surface area contributed by atoms with Crippen molar-refractivity contribution in [3.63, 3.8) is 0 Å². The van der Waals surface area contributed by atoms with Crippen LogP contribution in [0.4, 0.5) is 0 Å². The van der Waals surface area contributed by atoms with E-state index >= 15 is 0 Å². The molecule has 0 unspecified atom stereocenters. The highest BCUT2D eigenvalue weighted by atomic mass is 32.1. The van der Waals surface area contributed by atoms with Gasteiger partial charge in [-0.3, -0.25) is 14.3 Å². The number of piperidine rings is 1. The largest absolute Gasteiger partial charge is 0.376 e. The number of aromatic nitrogens is 2. The molecule has 0 saturated carbocycles. The SMILES string of the molecule is O=c1c2c(-c3cccs3)csc2nc(CN2CCCCC2)n1C[C@H]1CCCCO1. The minimum atomic E-state index is 0.0980. The zero-order chi connectivity index (χ0) is 19.6. The molecule has 5 rings (SSSR count). The highest BCUT2D eigenvalue weighted by Gasteiger charge is 2.23. The van der Waals surface area contributed by atoms with Crippen molar-refractivity contribution in [1.29, 1.82) is 0 Å². The molecular weight excluding hydrogens is 402 g/mol. The van der Waals surface area contributed by atoms with Crippen LogP contribution in [-0.4, -0.2) is 40.3 Å². The van der Waals surface area contributed by atoms with E-state index in [1.54, 1.807) is 22.7 Å². The van der Waals surface area contributed by atoms with E-state index in [9.17, 15) is 4.79 Å². The third-order valence-electron chi connectivity index (χ3n) is 6.03. The molecule has 0 amide bonds. The molecule has 2 fully saturated rings. The van der Waals surface area contributed by atoms with E-state index in [-0.39, 0.29) is 11.7 Å². The van der Waals surface area contributed by atoms with Crippen LogP contribution in [0.3, 0.4) is 0 Å². The molecule has 5 nitrogen and oxygen atoms in total. The van der Waals surface area contributed by atoms with Crippen LogP contribution in [0.1, 0.15) is 44.3 Å². The van der Waals surface area contributed by atoms with Crippen molar-refractivity contribution in [2.75, 3.05) is 19.7 Å². The fraction of sp³-hybridized carbons (Fsp3) is 0.545.